The molecule has 1 aromatic rings. The molecule has 0 radical (unpaired) electrons. The Morgan fingerprint density at radius 2 is 1.90 bits per heavy atom. The number of nitrogens with one attached hydrogen (secondary N) is 1. The molecule has 0 aromatic carbocycles. The second-order valence-electron chi connectivity index (χ2n) is 7.36. The van der Waals surface area contributed by atoms with Gasteiger partial charge >= 0.3 is 0 Å². The van der Waals surface area contributed by atoms with Crippen molar-refractivity contribution in [3.8, 4) is 0 Å². The van der Waals surface area contributed by atoms with E-state index in [9.17, 15) is 0 Å². The molecule has 2 heterocycles. The Morgan fingerprint density at radius 3 is 2.57 bits per heavy atom. The second-order valence-corrected chi connectivity index (χ2v) is 7.36. The smallest absolute Gasteiger partial charge is 0.0722 e. The minimum atomic E-state index is 0.117. The van der Waals surface area contributed by atoms with E-state index in [0.29, 0.717) is 0 Å². The van der Waals surface area contributed by atoms with Crippen LogP contribution in [0.5, 0.6) is 0 Å². The van der Waals surface area contributed by atoms with Crippen molar-refractivity contribution in [3.63, 3.8) is 0 Å². The van der Waals surface area contributed by atoms with Crippen molar-refractivity contribution in [2.45, 2.75) is 58.4 Å². The molecule has 21 heavy (non-hydrogen) atoms. The maximum atomic E-state index is 4.62. The summed E-state index contributed by atoms with van der Waals surface area (Å²) >= 11 is 0. The third kappa shape index (κ3) is 5.11. The van der Waals surface area contributed by atoms with Crippen LogP contribution in [0.15, 0.2) is 6.20 Å². The van der Waals surface area contributed by atoms with Gasteiger partial charge < -0.3 is 10.2 Å². The van der Waals surface area contributed by atoms with Crippen LogP contribution in [0.2, 0.25) is 0 Å². The highest BCUT2D eigenvalue weighted by atomic mass is 15.3. The first-order valence-electron chi connectivity index (χ1n) is 8.43. The summed E-state index contributed by atoms with van der Waals surface area (Å²) in [5, 5.41) is 8.21. The van der Waals surface area contributed by atoms with Gasteiger partial charge in [0, 0.05) is 30.8 Å². The third-order valence-corrected chi connectivity index (χ3v) is 4.21. The van der Waals surface area contributed by atoms with Crippen LogP contribution >= 0.6 is 0 Å². The molecule has 2 rings (SSSR count). The van der Waals surface area contributed by atoms with Crippen molar-refractivity contribution >= 4 is 0 Å². The van der Waals surface area contributed by atoms with Gasteiger partial charge in [0.2, 0.25) is 0 Å². The molecule has 0 unspecified atom stereocenters. The van der Waals surface area contributed by atoms with Crippen LogP contribution in [0.25, 0.3) is 0 Å². The lowest BCUT2D eigenvalue weighted by molar-refractivity contribution is 0.225. The number of aryl methyl sites for hydroxylation is 1. The summed E-state index contributed by atoms with van der Waals surface area (Å²) in [5.41, 5.74) is 2.67. The van der Waals surface area contributed by atoms with E-state index in [0.717, 1.165) is 13.1 Å². The highest BCUT2D eigenvalue weighted by Gasteiger charge is 2.21. The molecular formula is C17H32N4. The summed E-state index contributed by atoms with van der Waals surface area (Å²) in [6.45, 7) is 12.6. The van der Waals surface area contributed by atoms with Gasteiger partial charge in [0.1, 0.15) is 0 Å². The predicted octanol–water partition coefficient (Wildman–Crippen LogP) is 2.68. The van der Waals surface area contributed by atoms with E-state index in [2.05, 4.69) is 42.3 Å². The first kappa shape index (κ1) is 16.5. The van der Waals surface area contributed by atoms with Crippen LogP contribution in [0.4, 0.5) is 0 Å². The molecule has 120 valence electrons. The number of hydrogen-bond donors (Lipinski definition) is 1. The zero-order valence-electron chi connectivity index (χ0n) is 14.3. The van der Waals surface area contributed by atoms with Crippen molar-refractivity contribution in [2.24, 2.45) is 7.05 Å². The number of likely N-dealkylation sites (tertiary alicyclic amines) is 1. The lowest BCUT2D eigenvalue weighted by atomic mass is 9.89. The highest BCUT2D eigenvalue weighted by molar-refractivity contribution is 5.23. The van der Waals surface area contributed by atoms with E-state index in [1.54, 1.807) is 0 Å². The van der Waals surface area contributed by atoms with Crippen molar-refractivity contribution in [2.75, 3.05) is 26.2 Å². The van der Waals surface area contributed by atoms with Gasteiger partial charge in [0.25, 0.3) is 0 Å². The molecule has 0 spiro atoms. The fraction of sp³-hybridized carbons (Fsp3) is 0.824. The quantitative estimate of drug-likeness (QED) is 0.818. The number of rotatable bonds is 6. The Labute approximate surface area is 129 Å². The van der Waals surface area contributed by atoms with Crippen LogP contribution in [0, 0.1) is 0 Å². The van der Waals surface area contributed by atoms with Gasteiger partial charge in [0.15, 0.2) is 0 Å². The molecule has 0 amide bonds. The maximum Gasteiger partial charge on any atom is 0.0722 e. The van der Waals surface area contributed by atoms with Crippen LogP contribution in [-0.4, -0.2) is 40.9 Å². The summed E-state index contributed by atoms with van der Waals surface area (Å²) < 4.78 is 1.94. The minimum absolute atomic E-state index is 0.117. The van der Waals surface area contributed by atoms with Crippen molar-refractivity contribution < 1.29 is 0 Å². The zero-order valence-corrected chi connectivity index (χ0v) is 14.3. The van der Waals surface area contributed by atoms with Crippen LogP contribution in [-0.2, 0) is 19.0 Å². The van der Waals surface area contributed by atoms with Crippen LogP contribution < -0.4 is 5.32 Å². The van der Waals surface area contributed by atoms with Crippen molar-refractivity contribution in [1.82, 2.24) is 20.0 Å². The lowest BCUT2D eigenvalue weighted by Gasteiger charge is -2.26. The van der Waals surface area contributed by atoms with E-state index in [-0.39, 0.29) is 5.41 Å². The Bertz CT molecular complexity index is 424. The van der Waals surface area contributed by atoms with Gasteiger partial charge in [0.05, 0.1) is 5.69 Å². The SMILES string of the molecule is Cn1cc(CNCCCN2CCCCC2)c(C(C)(C)C)n1. The Hall–Kier alpha value is -0.870. The molecule has 4 nitrogen and oxygen atoms in total. The average molecular weight is 292 g/mol. The summed E-state index contributed by atoms with van der Waals surface area (Å²) in [5.74, 6) is 0. The molecule has 4 heteroatoms. The van der Waals surface area contributed by atoms with E-state index >= 15 is 0 Å². The van der Waals surface area contributed by atoms with Gasteiger partial charge in [-0.2, -0.15) is 5.10 Å². The maximum absolute atomic E-state index is 4.62. The average Bonchev–Trinajstić information content (AvgIpc) is 2.81. The molecular weight excluding hydrogens is 260 g/mol. The molecule has 1 fully saturated rings. The van der Waals surface area contributed by atoms with E-state index in [1.165, 1.54) is 56.6 Å². The monoisotopic (exact) mass is 292 g/mol. The molecule has 0 atom stereocenters. The summed E-state index contributed by atoms with van der Waals surface area (Å²) in [7, 11) is 2.01. The van der Waals surface area contributed by atoms with Gasteiger partial charge in [-0.3, -0.25) is 4.68 Å². The van der Waals surface area contributed by atoms with Gasteiger partial charge in [-0.15, -0.1) is 0 Å². The number of hydrogen-bond acceptors (Lipinski definition) is 3. The largest absolute Gasteiger partial charge is 0.312 e. The van der Waals surface area contributed by atoms with Crippen LogP contribution in [0.3, 0.4) is 0 Å². The van der Waals surface area contributed by atoms with Crippen molar-refractivity contribution in [1.29, 1.82) is 0 Å². The topological polar surface area (TPSA) is 33.1 Å². The molecule has 0 bridgehead atoms. The molecule has 1 N–H and O–H groups in total. The predicted molar refractivity (Wildman–Crippen MR) is 88.5 cm³/mol. The Kier molecular flexibility index (Phi) is 5.82. The van der Waals surface area contributed by atoms with Gasteiger partial charge in [-0.25, -0.2) is 0 Å². The van der Waals surface area contributed by atoms with E-state index in [1.807, 2.05) is 11.7 Å². The fourth-order valence-corrected chi connectivity index (χ4v) is 3.13. The van der Waals surface area contributed by atoms with Gasteiger partial charge in [-0.1, -0.05) is 27.2 Å². The normalized spacial score (nSPS) is 17.3. The zero-order chi connectivity index (χ0) is 15.3. The number of nitrogens with zero attached hydrogens (tertiary/aromatic N) is 3. The van der Waals surface area contributed by atoms with E-state index < -0.39 is 0 Å². The Balaban J connectivity index is 1.71. The first-order valence-corrected chi connectivity index (χ1v) is 8.43. The fourth-order valence-electron chi connectivity index (χ4n) is 3.13. The highest BCUT2D eigenvalue weighted by Crippen LogP contribution is 2.23. The number of aromatic nitrogens is 2. The third-order valence-electron chi connectivity index (χ3n) is 4.21. The van der Waals surface area contributed by atoms with Crippen molar-refractivity contribution in [3.05, 3.63) is 17.5 Å². The van der Waals surface area contributed by atoms with Crippen LogP contribution in [0.1, 0.15) is 57.7 Å². The standard InChI is InChI=1S/C17H32N4/c1-17(2,3)16-15(14-20(4)19-16)13-18-9-8-12-21-10-6-5-7-11-21/h14,18H,5-13H2,1-4H3. The molecule has 1 aliphatic rings. The summed E-state index contributed by atoms with van der Waals surface area (Å²) in [6.07, 6.45) is 7.59. The lowest BCUT2D eigenvalue weighted by Crippen LogP contribution is -2.32. The summed E-state index contributed by atoms with van der Waals surface area (Å²) in [4.78, 5) is 2.61. The second kappa shape index (κ2) is 7.41. The number of piperidine rings is 1. The Morgan fingerprint density at radius 1 is 1.19 bits per heavy atom. The molecule has 1 saturated heterocycles. The molecule has 0 saturated carbocycles. The first-order chi connectivity index (χ1) is 9.97. The molecule has 1 aromatic heterocycles. The van der Waals surface area contributed by atoms with Gasteiger partial charge in [-0.05, 0) is 45.4 Å². The molecule has 0 aliphatic carbocycles. The minimum Gasteiger partial charge on any atom is -0.312 e. The van der Waals surface area contributed by atoms with E-state index in [4.69, 9.17) is 0 Å². The summed E-state index contributed by atoms with van der Waals surface area (Å²) in [6, 6.07) is 0. The molecule has 1 aliphatic heterocycles.